The molecule has 2 rings (SSSR count). The average molecular weight is 267 g/mol. The standard InChI is InChI=1S/C14H25N3S/c1-5-13-16-17-14(18-13)15-12-8-10(4)6-7-11(12)9(2)3/h9-12H,5-8H2,1-4H3,(H,15,17). The molecule has 3 nitrogen and oxygen atoms in total. The Hall–Kier alpha value is -0.640. The van der Waals surface area contributed by atoms with E-state index in [4.69, 9.17) is 0 Å². The van der Waals surface area contributed by atoms with Crippen molar-refractivity contribution >= 4 is 16.5 Å². The number of nitrogens with zero attached hydrogens (tertiary/aromatic N) is 2. The third-order valence-electron chi connectivity index (χ3n) is 4.10. The zero-order chi connectivity index (χ0) is 13.1. The molecular formula is C14H25N3S. The van der Waals surface area contributed by atoms with Gasteiger partial charge in [-0.05, 0) is 37.0 Å². The first-order valence-electron chi connectivity index (χ1n) is 7.19. The van der Waals surface area contributed by atoms with Gasteiger partial charge in [0.15, 0.2) is 0 Å². The van der Waals surface area contributed by atoms with Gasteiger partial charge in [-0.25, -0.2) is 0 Å². The van der Waals surface area contributed by atoms with Gasteiger partial charge in [-0.1, -0.05) is 45.5 Å². The van der Waals surface area contributed by atoms with E-state index in [0.29, 0.717) is 6.04 Å². The molecule has 3 atom stereocenters. The maximum Gasteiger partial charge on any atom is 0.205 e. The third kappa shape index (κ3) is 3.22. The molecule has 3 unspecified atom stereocenters. The fraction of sp³-hybridized carbons (Fsp3) is 0.857. The summed E-state index contributed by atoms with van der Waals surface area (Å²) in [4.78, 5) is 0. The van der Waals surface area contributed by atoms with E-state index in [1.807, 2.05) is 0 Å². The Labute approximate surface area is 114 Å². The second-order valence-corrected chi connectivity index (χ2v) is 6.99. The summed E-state index contributed by atoms with van der Waals surface area (Å²) in [6.45, 7) is 9.17. The van der Waals surface area contributed by atoms with E-state index in [0.717, 1.165) is 34.3 Å². The molecule has 0 radical (unpaired) electrons. The van der Waals surface area contributed by atoms with E-state index in [9.17, 15) is 0 Å². The van der Waals surface area contributed by atoms with Gasteiger partial charge >= 0.3 is 0 Å². The highest BCUT2D eigenvalue weighted by atomic mass is 32.1. The first-order chi connectivity index (χ1) is 8.60. The molecule has 1 aromatic heterocycles. The molecule has 1 fully saturated rings. The average Bonchev–Trinajstić information content (AvgIpc) is 2.76. The molecule has 1 aliphatic rings. The van der Waals surface area contributed by atoms with Crippen molar-refractivity contribution in [1.29, 1.82) is 0 Å². The number of rotatable bonds is 4. The summed E-state index contributed by atoms with van der Waals surface area (Å²) >= 11 is 1.71. The maximum absolute atomic E-state index is 4.26. The molecule has 1 N–H and O–H groups in total. The van der Waals surface area contributed by atoms with Crippen LogP contribution in [0.5, 0.6) is 0 Å². The Morgan fingerprint density at radius 2 is 2.11 bits per heavy atom. The number of nitrogens with one attached hydrogen (secondary N) is 1. The molecule has 0 bridgehead atoms. The fourth-order valence-corrected chi connectivity index (χ4v) is 3.72. The highest BCUT2D eigenvalue weighted by molar-refractivity contribution is 7.15. The predicted molar refractivity (Wildman–Crippen MR) is 78.0 cm³/mol. The lowest BCUT2D eigenvalue weighted by molar-refractivity contribution is 0.212. The molecule has 1 aliphatic carbocycles. The quantitative estimate of drug-likeness (QED) is 0.897. The number of aryl methyl sites for hydroxylation is 1. The minimum absolute atomic E-state index is 0.575. The first kappa shape index (κ1) is 13.8. The second kappa shape index (κ2) is 6.00. The summed E-state index contributed by atoms with van der Waals surface area (Å²) in [7, 11) is 0. The Morgan fingerprint density at radius 3 is 2.72 bits per heavy atom. The van der Waals surface area contributed by atoms with E-state index in [1.54, 1.807) is 11.3 Å². The molecule has 0 aromatic carbocycles. The van der Waals surface area contributed by atoms with Gasteiger partial charge in [-0.15, -0.1) is 10.2 Å². The summed E-state index contributed by atoms with van der Waals surface area (Å²) in [6, 6.07) is 0.575. The number of hydrogen-bond acceptors (Lipinski definition) is 4. The van der Waals surface area contributed by atoms with Crippen LogP contribution < -0.4 is 5.32 Å². The van der Waals surface area contributed by atoms with Crippen molar-refractivity contribution in [2.24, 2.45) is 17.8 Å². The smallest absolute Gasteiger partial charge is 0.205 e. The van der Waals surface area contributed by atoms with Gasteiger partial charge in [0.2, 0.25) is 5.13 Å². The van der Waals surface area contributed by atoms with Crippen LogP contribution in [0.2, 0.25) is 0 Å². The van der Waals surface area contributed by atoms with Crippen molar-refractivity contribution in [3.05, 3.63) is 5.01 Å². The molecule has 1 saturated carbocycles. The Bertz CT molecular complexity index is 375. The number of aromatic nitrogens is 2. The molecule has 4 heteroatoms. The molecule has 18 heavy (non-hydrogen) atoms. The van der Waals surface area contributed by atoms with E-state index < -0.39 is 0 Å². The van der Waals surface area contributed by atoms with Crippen LogP contribution in [0.3, 0.4) is 0 Å². The fourth-order valence-electron chi connectivity index (χ4n) is 2.98. The third-order valence-corrected chi connectivity index (χ3v) is 5.10. The van der Waals surface area contributed by atoms with Crippen LogP contribution in [-0.2, 0) is 6.42 Å². The Balaban J connectivity index is 2.03. The highest BCUT2D eigenvalue weighted by Crippen LogP contribution is 2.35. The van der Waals surface area contributed by atoms with Crippen molar-refractivity contribution in [2.45, 2.75) is 59.4 Å². The van der Waals surface area contributed by atoms with Crippen LogP contribution in [-0.4, -0.2) is 16.2 Å². The minimum Gasteiger partial charge on any atom is -0.357 e. The van der Waals surface area contributed by atoms with Gasteiger partial charge in [0.05, 0.1) is 0 Å². The molecular weight excluding hydrogens is 242 g/mol. The van der Waals surface area contributed by atoms with Crippen molar-refractivity contribution in [2.75, 3.05) is 5.32 Å². The van der Waals surface area contributed by atoms with Crippen molar-refractivity contribution in [3.8, 4) is 0 Å². The number of anilines is 1. The molecule has 0 spiro atoms. The monoisotopic (exact) mass is 267 g/mol. The van der Waals surface area contributed by atoms with Gasteiger partial charge in [0, 0.05) is 6.04 Å². The summed E-state index contributed by atoms with van der Waals surface area (Å²) in [5.41, 5.74) is 0. The van der Waals surface area contributed by atoms with E-state index in [2.05, 4.69) is 43.2 Å². The summed E-state index contributed by atoms with van der Waals surface area (Å²) in [6.07, 6.45) is 4.96. The van der Waals surface area contributed by atoms with E-state index in [-0.39, 0.29) is 0 Å². The maximum atomic E-state index is 4.26. The molecule has 102 valence electrons. The molecule has 0 amide bonds. The summed E-state index contributed by atoms with van der Waals surface area (Å²) < 4.78 is 0. The zero-order valence-electron chi connectivity index (χ0n) is 11.9. The van der Waals surface area contributed by atoms with Crippen molar-refractivity contribution in [1.82, 2.24) is 10.2 Å². The molecule has 0 aliphatic heterocycles. The lowest BCUT2D eigenvalue weighted by Gasteiger charge is -2.37. The molecule has 1 aromatic rings. The van der Waals surface area contributed by atoms with Crippen LogP contribution >= 0.6 is 11.3 Å². The predicted octanol–water partition coefficient (Wildman–Crippen LogP) is 3.97. The first-order valence-corrected chi connectivity index (χ1v) is 8.00. The van der Waals surface area contributed by atoms with E-state index >= 15 is 0 Å². The number of hydrogen-bond donors (Lipinski definition) is 1. The van der Waals surface area contributed by atoms with Crippen LogP contribution in [0.25, 0.3) is 0 Å². The van der Waals surface area contributed by atoms with Crippen LogP contribution in [0.15, 0.2) is 0 Å². The van der Waals surface area contributed by atoms with Gasteiger partial charge < -0.3 is 5.32 Å². The Kier molecular flexibility index (Phi) is 4.60. The van der Waals surface area contributed by atoms with Crippen molar-refractivity contribution in [3.63, 3.8) is 0 Å². The van der Waals surface area contributed by atoms with Crippen LogP contribution in [0, 0.1) is 17.8 Å². The minimum atomic E-state index is 0.575. The van der Waals surface area contributed by atoms with Crippen LogP contribution in [0.1, 0.15) is 52.0 Å². The second-order valence-electron chi connectivity index (χ2n) is 5.93. The van der Waals surface area contributed by atoms with Gasteiger partial charge in [0.1, 0.15) is 5.01 Å². The SMILES string of the molecule is CCc1nnc(NC2CC(C)CCC2C(C)C)s1. The van der Waals surface area contributed by atoms with Crippen molar-refractivity contribution < 1.29 is 0 Å². The Morgan fingerprint density at radius 1 is 1.33 bits per heavy atom. The zero-order valence-corrected chi connectivity index (χ0v) is 12.8. The molecule has 1 heterocycles. The molecule has 0 saturated heterocycles. The normalized spacial score (nSPS) is 28.6. The van der Waals surface area contributed by atoms with E-state index in [1.165, 1.54) is 19.3 Å². The summed E-state index contributed by atoms with van der Waals surface area (Å²) in [5.74, 6) is 2.35. The van der Waals surface area contributed by atoms with Gasteiger partial charge in [0.25, 0.3) is 0 Å². The van der Waals surface area contributed by atoms with Gasteiger partial charge in [-0.3, -0.25) is 0 Å². The lowest BCUT2D eigenvalue weighted by Crippen LogP contribution is -2.37. The lowest BCUT2D eigenvalue weighted by atomic mass is 9.74. The largest absolute Gasteiger partial charge is 0.357 e. The summed E-state index contributed by atoms with van der Waals surface area (Å²) in [5, 5.41) is 14.2. The van der Waals surface area contributed by atoms with Crippen LogP contribution in [0.4, 0.5) is 5.13 Å². The topological polar surface area (TPSA) is 37.8 Å². The van der Waals surface area contributed by atoms with Gasteiger partial charge in [-0.2, -0.15) is 0 Å². The highest BCUT2D eigenvalue weighted by Gasteiger charge is 2.31.